The number of benzene rings is 2. The molecule has 2 N–H and O–H groups in total. The van der Waals surface area contributed by atoms with E-state index in [-0.39, 0.29) is 17.0 Å². The summed E-state index contributed by atoms with van der Waals surface area (Å²) in [5, 5.41) is 9.01. The number of fused-ring (bicyclic) bond motifs is 1. The summed E-state index contributed by atoms with van der Waals surface area (Å²) in [7, 11) is 0. The van der Waals surface area contributed by atoms with Crippen LogP contribution in [0, 0.1) is 11.3 Å². The van der Waals surface area contributed by atoms with Crippen molar-refractivity contribution in [2.45, 2.75) is 18.1 Å². The third-order valence-electron chi connectivity index (χ3n) is 4.04. The molecule has 3 nitrogen and oxygen atoms in total. The summed E-state index contributed by atoms with van der Waals surface area (Å²) in [6.07, 6.45) is -5.04. The molecule has 0 spiro atoms. The third-order valence-corrected chi connectivity index (χ3v) is 4.53. The minimum Gasteiger partial charge on any atom is -0.383 e. The predicted octanol–water partition coefficient (Wildman–Crippen LogP) is 4.04. The lowest BCUT2D eigenvalue weighted by molar-refractivity contribution is -0.189. The van der Waals surface area contributed by atoms with Crippen LogP contribution >= 0.6 is 15.9 Å². The quantitative estimate of drug-likeness (QED) is 0.794. The minimum atomic E-state index is -4.64. The number of aliphatic imine (C=N–C) groups is 1. The summed E-state index contributed by atoms with van der Waals surface area (Å²) < 4.78 is 42.6. The average molecular weight is 394 g/mol. The molecular weight excluding hydrogens is 383 g/mol. The van der Waals surface area contributed by atoms with Crippen LogP contribution in [0.1, 0.15) is 22.3 Å². The molecule has 0 bridgehead atoms. The monoisotopic (exact) mass is 393 g/mol. The van der Waals surface area contributed by atoms with Crippen LogP contribution in [0.15, 0.2) is 51.9 Å². The van der Waals surface area contributed by atoms with Crippen molar-refractivity contribution in [3.8, 4) is 6.07 Å². The topological polar surface area (TPSA) is 62.2 Å². The molecule has 0 aromatic heterocycles. The van der Waals surface area contributed by atoms with E-state index in [4.69, 9.17) is 11.0 Å². The second-order valence-corrected chi connectivity index (χ2v) is 6.44. The van der Waals surface area contributed by atoms with Gasteiger partial charge in [0, 0.05) is 16.5 Å². The van der Waals surface area contributed by atoms with E-state index in [1.165, 1.54) is 36.4 Å². The maximum Gasteiger partial charge on any atom is 0.418 e. The van der Waals surface area contributed by atoms with Crippen molar-refractivity contribution in [2.24, 2.45) is 10.7 Å². The molecule has 3 rings (SSSR count). The van der Waals surface area contributed by atoms with Crippen LogP contribution in [0.25, 0.3) is 0 Å². The van der Waals surface area contributed by atoms with Gasteiger partial charge in [0.1, 0.15) is 5.84 Å². The molecule has 1 heterocycles. The molecule has 0 saturated heterocycles. The molecular formula is C17H11BrF3N3. The summed E-state index contributed by atoms with van der Waals surface area (Å²) in [5.41, 5.74) is 4.45. The van der Waals surface area contributed by atoms with E-state index in [2.05, 4.69) is 20.9 Å². The highest BCUT2D eigenvalue weighted by molar-refractivity contribution is 9.10. The summed E-state index contributed by atoms with van der Waals surface area (Å²) in [5.74, 6) is -0.182. The number of amidine groups is 1. The van der Waals surface area contributed by atoms with Gasteiger partial charge in [-0.1, -0.05) is 28.1 Å². The average Bonchev–Trinajstić information content (AvgIpc) is 2.53. The van der Waals surface area contributed by atoms with Crippen LogP contribution in [0.4, 0.5) is 13.2 Å². The fourth-order valence-corrected chi connectivity index (χ4v) is 3.28. The van der Waals surface area contributed by atoms with Gasteiger partial charge >= 0.3 is 6.18 Å². The molecule has 0 radical (unpaired) electrons. The van der Waals surface area contributed by atoms with Crippen LogP contribution in [0.5, 0.6) is 0 Å². The van der Waals surface area contributed by atoms with E-state index in [9.17, 15) is 13.2 Å². The summed E-state index contributed by atoms with van der Waals surface area (Å²) in [4.78, 5) is 3.86. The van der Waals surface area contributed by atoms with E-state index in [1.807, 2.05) is 6.07 Å². The molecule has 0 saturated carbocycles. The molecule has 24 heavy (non-hydrogen) atoms. The molecule has 1 unspecified atom stereocenters. The lowest BCUT2D eigenvalue weighted by atomic mass is 9.79. The number of nitriles is 1. The zero-order chi connectivity index (χ0) is 17.5. The van der Waals surface area contributed by atoms with Crippen LogP contribution in [0.2, 0.25) is 0 Å². The highest BCUT2D eigenvalue weighted by Crippen LogP contribution is 2.47. The predicted molar refractivity (Wildman–Crippen MR) is 87.5 cm³/mol. The van der Waals surface area contributed by atoms with E-state index >= 15 is 0 Å². The van der Waals surface area contributed by atoms with Gasteiger partial charge in [-0.05, 0) is 41.5 Å². The smallest absolute Gasteiger partial charge is 0.383 e. The highest BCUT2D eigenvalue weighted by atomic mass is 79.9. The number of halogens is 4. The number of nitrogens with two attached hydrogens (primary N) is 1. The van der Waals surface area contributed by atoms with Gasteiger partial charge in [0.15, 0.2) is 5.54 Å². The van der Waals surface area contributed by atoms with E-state index in [0.717, 1.165) is 0 Å². The molecule has 1 aliphatic heterocycles. The SMILES string of the molecule is N#Cc1ccc2c(c1)CC(c1cccc(Br)c1)(C(F)(F)F)N=C2N. The second-order valence-electron chi connectivity index (χ2n) is 5.53. The molecule has 2 aromatic carbocycles. The maximum absolute atomic E-state index is 14.0. The Morgan fingerprint density at radius 3 is 2.58 bits per heavy atom. The first-order valence-corrected chi connectivity index (χ1v) is 7.77. The largest absolute Gasteiger partial charge is 0.418 e. The Morgan fingerprint density at radius 2 is 1.96 bits per heavy atom. The first kappa shape index (κ1) is 16.5. The third kappa shape index (κ3) is 2.57. The van der Waals surface area contributed by atoms with Crippen LogP contribution in [-0.2, 0) is 12.0 Å². The lowest BCUT2D eigenvalue weighted by Gasteiger charge is -2.36. The summed E-state index contributed by atoms with van der Waals surface area (Å²) >= 11 is 3.20. The van der Waals surface area contributed by atoms with Gasteiger partial charge in [0.05, 0.1) is 11.6 Å². The number of nitrogens with zero attached hydrogens (tertiary/aromatic N) is 2. The normalized spacial score (nSPS) is 20.0. The van der Waals surface area contributed by atoms with Crippen molar-refractivity contribution < 1.29 is 13.2 Å². The Morgan fingerprint density at radius 1 is 1.21 bits per heavy atom. The van der Waals surface area contributed by atoms with Crippen molar-refractivity contribution in [3.63, 3.8) is 0 Å². The molecule has 0 amide bonds. The Labute approximate surface area is 144 Å². The fraction of sp³-hybridized carbons (Fsp3) is 0.176. The standard InChI is InChI=1S/C17H11BrF3N3/c18-13-3-1-2-12(7-13)16(17(19,20)21)8-11-6-10(9-22)4-5-14(11)15(23)24-16/h1-7H,8H2,(H2,23,24). The molecule has 1 atom stereocenters. The molecule has 122 valence electrons. The summed E-state index contributed by atoms with van der Waals surface area (Å²) in [6.45, 7) is 0. The van der Waals surface area contributed by atoms with Crippen molar-refractivity contribution in [1.29, 1.82) is 5.26 Å². The maximum atomic E-state index is 14.0. The van der Waals surface area contributed by atoms with E-state index in [0.29, 0.717) is 15.6 Å². The number of alkyl halides is 3. The zero-order valence-electron chi connectivity index (χ0n) is 12.2. The molecule has 2 aromatic rings. The van der Waals surface area contributed by atoms with Gasteiger partial charge in [0.25, 0.3) is 0 Å². The van der Waals surface area contributed by atoms with Crippen molar-refractivity contribution >= 4 is 21.8 Å². The number of hydrogen-bond acceptors (Lipinski definition) is 3. The Hall–Kier alpha value is -2.33. The van der Waals surface area contributed by atoms with Crippen LogP contribution < -0.4 is 5.73 Å². The van der Waals surface area contributed by atoms with E-state index in [1.54, 1.807) is 6.07 Å². The Kier molecular flexibility index (Phi) is 3.88. The highest BCUT2D eigenvalue weighted by Gasteiger charge is 2.58. The van der Waals surface area contributed by atoms with Gasteiger partial charge in [-0.25, -0.2) is 4.99 Å². The van der Waals surface area contributed by atoms with Crippen LogP contribution in [-0.4, -0.2) is 12.0 Å². The van der Waals surface area contributed by atoms with Gasteiger partial charge in [-0.3, -0.25) is 0 Å². The Balaban J connectivity index is 2.26. The second kappa shape index (κ2) is 5.64. The molecule has 0 fully saturated rings. The number of rotatable bonds is 1. The number of hydrogen-bond donors (Lipinski definition) is 1. The lowest BCUT2D eigenvalue weighted by Crippen LogP contribution is -2.47. The van der Waals surface area contributed by atoms with Crippen molar-refractivity contribution in [2.75, 3.05) is 0 Å². The van der Waals surface area contributed by atoms with Gasteiger partial charge < -0.3 is 5.73 Å². The molecule has 1 aliphatic rings. The van der Waals surface area contributed by atoms with Gasteiger partial charge in [-0.2, -0.15) is 18.4 Å². The van der Waals surface area contributed by atoms with Crippen molar-refractivity contribution in [1.82, 2.24) is 0 Å². The zero-order valence-corrected chi connectivity index (χ0v) is 13.8. The Bertz CT molecular complexity index is 883. The summed E-state index contributed by atoms with van der Waals surface area (Å²) in [6, 6.07) is 12.4. The minimum absolute atomic E-state index is 0.000311. The van der Waals surface area contributed by atoms with E-state index < -0.39 is 18.1 Å². The van der Waals surface area contributed by atoms with Gasteiger partial charge in [0.2, 0.25) is 0 Å². The fourth-order valence-electron chi connectivity index (χ4n) is 2.88. The van der Waals surface area contributed by atoms with Gasteiger partial charge in [-0.15, -0.1) is 0 Å². The first-order valence-electron chi connectivity index (χ1n) is 6.98. The van der Waals surface area contributed by atoms with Crippen molar-refractivity contribution in [3.05, 3.63) is 69.2 Å². The van der Waals surface area contributed by atoms with Crippen LogP contribution in [0.3, 0.4) is 0 Å². The molecule has 7 heteroatoms. The molecule has 0 aliphatic carbocycles. The first-order chi connectivity index (χ1) is 11.3.